The van der Waals surface area contributed by atoms with E-state index in [1.807, 2.05) is 43.3 Å². The number of nitrogens with one attached hydrogen (secondary N) is 1. The summed E-state index contributed by atoms with van der Waals surface area (Å²) in [4.78, 5) is 14.5. The number of hydrogen-bond donors (Lipinski definition) is 2. The Morgan fingerprint density at radius 3 is 2.82 bits per heavy atom. The van der Waals surface area contributed by atoms with Crippen LogP contribution in [0.3, 0.4) is 0 Å². The third kappa shape index (κ3) is 3.15. The van der Waals surface area contributed by atoms with Crippen molar-refractivity contribution in [1.82, 2.24) is 10.2 Å². The van der Waals surface area contributed by atoms with Gasteiger partial charge in [0.05, 0.1) is 0 Å². The molecule has 1 heterocycles. The predicted molar refractivity (Wildman–Crippen MR) is 86.6 cm³/mol. The van der Waals surface area contributed by atoms with Crippen LogP contribution in [0, 0.1) is 5.92 Å². The number of furan rings is 1. The van der Waals surface area contributed by atoms with Gasteiger partial charge in [-0.2, -0.15) is 0 Å². The molecule has 5 nitrogen and oxygen atoms in total. The van der Waals surface area contributed by atoms with Gasteiger partial charge in [-0.15, -0.1) is 0 Å². The van der Waals surface area contributed by atoms with Gasteiger partial charge < -0.3 is 20.4 Å². The lowest BCUT2D eigenvalue weighted by Gasteiger charge is -2.12. The van der Waals surface area contributed by atoms with Crippen molar-refractivity contribution in [2.24, 2.45) is 11.7 Å². The van der Waals surface area contributed by atoms with Crippen LogP contribution in [0.5, 0.6) is 0 Å². The van der Waals surface area contributed by atoms with E-state index in [0.717, 1.165) is 16.5 Å². The van der Waals surface area contributed by atoms with Crippen molar-refractivity contribution < 1.29 is 9.21 Å². The van der Waals surface area contributed by atoms with Crippen LogP contribution in [0.2, 0.25) is 0 Å². The van der Waals surface area contributed by atoms with E-state index in [2.05, 4.69) is 5.32 Å². The molecule has 3 rings (SSSR count). The first-order valence-electron chi connectivity index (χ1n) is 7.75. The molecule has 0 bridgehead atoms. The third-order valence-electron chi connectivity index (χ3n) is 4.10. The second-order valence-electron chi connectivity index (χ2n) is 6.35. The quantitative estimate of drug-likeness (QED) is 0.855. The molecule has 3 N–H and O–H groups in total. The Morgan fingerprint density at radius 1 is 1.41 bits per heavy atom. The highest BCUT2D eigenvalue weighted by atomic mass is 16.3. The van der Waals surface area contributed by atoms with Gasteiger partial charge >= 0.3 is 0 Å². The monoisotopic (exact) mass is 301 g/mol. The van der Waals surface area contributed by atoms with E-state index in [1.165, 1.54) is 12.8 Å². The molecule has 118 valence electrons. The molecule has 2 aromatic rings. The van der Waals surface area contributed by atoms with Gasteiger partial charge in [0.15, 0.2) is 5.76 Å². The van der Waals surface area contributed by atoms with Gasteiger partial charge in [0.25, 0.3) is 5.91 Å². The average Bonchev–Trinajstić information content (AvgIpc) is 3.28. The van der Waals surface area contributed by atoms with Gasteiger partial charge in [0.2, 0.25) is 0 Å². The van der Waals surface area contributed by atoms with E-state index >= 15 is 0 Å². The van der Waals surface area contributed by atoms with Crippen LogP contribution in [-0.2, 0) is 6.54 Å². The molecular formula is C17H23N3O2. The largest absolute Gasteiger partial charge is 0.451 e. The van der Waals surface area contributed by atoms with Crippen LogP contribution in [0.15, 0.2) is 28.7 Å². The minimum absolute atomic E-state index is 0.0469. The Morgan fingerprint density at radius 2 is 2.14 bits per heavy atom. The summed E-state index contributed by atoms with van der Waals surface area (Å²) in [6, 6.07) is 7.80. The lowest BCUT2D eigenvalue weighted by Crippen LogP contribution is -2.38. The summed E-state index contributed by atoms with van der Waals surface area (Å²) in [5.74, 6) is 0.791. The molecule has 1 aromatic carbocycles. The predicted octanol–water partition coefficient (Wildman–Crippen LogP) is 1.96. The first-order valence-corrected chi connectivity index (χ1v) is 7.75. The summed E-state index contributed by atoms with van der Waals surface area (Å²) in [5.41, 5.74) is 7.72. The molecule has 1 aliphatic carbocycles. The van der Waals surface area contributed by atoms with Gasteiger partial charge in [0.1, 0.15) is 5.58 Å². The molecular weight excluding hydrogens is 278 g/mol. The van der Waals surface area contributed by atoms with E-state index in [1.54, 1.807) is 0 Å². The Balaban J connectivity index is 1.82. The van der Waals surface area contributed by atoms with Crippen molar-refractivity contribution in [1.29, 1.82) is 0 Å². The van der Waals surface area contributed by atoms with Gasteiger partial charge in [-0.3, -0.25) is 4.79 Å². The minimum Gasteiger partial charge on any atom is -0.451 e. The van der Waals surface area contributed by atoms with Crippen LogP contribution in [0.4, 0.5) is 0 Å². The second kappa shape index (κ2) is 6.10. The Labute approximate surface area is 130 Å². The van der Waals surface area contributed by atoms with Crippen molar-refractivity contribution in [3.63, 3.8) is 0 Å². The topological polar surface area (TPSA) is 71.5 Å². The number of carbonyl (C=O) groups is 1. The number of rotatable bonds is 6. The highest BCUT2D eigenvalue weighted by molar-refractivity contribution is 5.99. The maximum Gasteiger partial charge on any atom is 0.287 e. The normalized spacial score (nSPS) is 16.2. The zero-order valence-corrected chi connectivity index (χ0v) is 13.1. The van der Waals surface area contributed by atoms with Crippen molar-refractivity contribution in [2.45, 2.75) is 25.4 Å². The van der Waals surface area contributed by atoms with Crippen LogP contribution >= 0.6 is 0 Å². The lowest BCUT2D eigenvalue weighted by atomic mass is 10.1. The number of carbonyl (C=O) groups excluding carboxylic acids is 1. The van der Waals surface area contributed by atoms with Gasteiger partial charge in [0, 0.05) is 30.1 Å². The van der Waals surface area contributed by atoms with Crippen LogP contribution in [-0.4, -0.2) is 37.5 Å². The van der Waals surface area contributed by atoms with Crippen LogP contribution in [0.25, 0.3) is 11.0 Å². The van der Waals surface area contributed by atoms with E-state index < -0.39 is 0 Å². The maximum absolute atomic E-state index is 12.5. The van der Waals surface area contributed by atoms with E-state index in [4.69, 9.17) is 10.2 Å². The molecule has 0 aliphatic heterocycles. The molecule has 0 radical (unpaired) electrons. The molecule has 1 amide bonds. The lowest BCUT2D eigenvalue weighted by molar-refractivity contribution is 0.0922. The molecule has 1 aromatic heterocycles. The van der Waals surface area contributed by atoms with Crippen molar-refractivity contribution in [3.05, 3.63) is 35.6 Å². The van der Waals surface area contributed by atoms with Crippen molar-refractivity contribution in [2.75, 3.05) is 20.6 Å². The summed E-state index contributed by atoms with van der Waals surface area (Å²) in [6.45, 7) is 1.16. The van der Waals surface area contributed by atoms with Gasteiger partial charge in [-0.25, -0.2) is 0 Å². The van der Waals surface area contributed by atoms with E-state index in [9.17, 15) is 4.79 Å². The van der Waals surface area contributed by atoms with Crippen LogP contribution < -0.4 is 11.1 Å². The summed E-state index contributed by atoms with van der Waals surface area (Å²) >= 11 is 0. The zero-order valence-electron chi connectivity index (χ0n) is 13.1. The van der Waals surface area contributed by atoms with Crippen molar-refractivity contribution >= 4 is 16.9 Å². The summed E-state index contributed by atoms with van der Waals surface area (Å²) in [7, 11) is 3.96. The molecule has 1 atom stereocenters. The molecule has 22 heavy (non-hydrogen) atoms. The van der Waals surface area contributed by atoms with E-state index in [-0.39, 0.29) is 11.9 Å². The number of amides is 1. The number of benzene rings is 1. The molecule has 5 heteroatoms. The number of nitrogens with two attached hydrogens (primary N) is 1. The molecule has 0 spiro atoms. The standard InChI is InChI=1S/C17H23N3O2/c1-20(2)10-13-12-5-3-4-6-15(12)22-16(13)17(21)19-9-14(18)11-7-8-11/h3-6,11,14H,7-10,18H2,1-2H3,(H,19,21). The zero-order chi connectivity index (χ0) is 15.7. The Kier molecular flexibility index (Phi) is 4.18. The number of hydrogen-bond acceptors (Lipinski definition) is 4. The summed E-state index contributed by atoms with van der Waals surface area (Å²) in [5, 5.41) is 3.91. The third-order valence-corrected chi connectivity index (χ3v) is 4.10. The summed E-state index contributed by atoms with van der Waals surface area (Å²) in [6.07, 6.45) is 2.35. The highest BCUT2D eigenvalue weighted by Crippen LogP contribution is 2.31. The molecule has 1 aliphatic rings. The summed E-state index contributed by atoms with van der Waals surface area (Å²) < 4.78 is 5.79. The molecule has 1 saturated carbocycles. The molecule has 0 saturated heterocycles. The maximum atomic E-state index is 12.5. The fraction of sp³-hybridized carbons (Fsp3) is 0.471. The van der Waals surface area contributed by atoms with Crippen molar-refractivity contribution in [3.8, 4) is 0 Å². The fourth-order valence-corrected chi connectivity index (χ4v) is 2.74. The first-order chi connectivity index (χ1) is 10.6. The number of para-hydroxylation sites is 1. The Hall–Kier alpha value is -1.85. The fourth-order valence-electron chi connectivity index (χ4n) is 2.74. The number of fused-ring (bicyclic) bond motifs is 1. The first kappa shape index (κ1) is 15.1. The smallest absolute Gasteiger partial charge is 0.287 e. The Bertz CT molecular complexity index is 674. The minimum atomic E-state index is -0.177. The average molecular weight is 301 g/mol. The number of nitrogens with zero attached hydrogens (tertiary/aromatic N) is 1. The highest BCUT2D eigenvalue weighted by Gasteiger charge is 2.29. The SMILES string of the molecule is CN(C)Cc1c(C(=O)NCC(N)C2CC2)oc2ccccc12. The molecule has 1 fully saturated rings. The van der Waals surface area contributed by atoms with E-state index in [0.29, 0.717) is 24.8 Å². The van der Waals surface area contributed by atoms with Crippen LogP contribution in [0.1, 0.15) is 29.0 Å². The second-order valence-corrected chi connectivity index (χ2v) is 6.35. The van der Waals surface area contributed by atoms with Gasteiger partial charge in [-0.05, 0) is 38.9 Å². The van der Waals surface area contributed by atoms with Gasteiger partial charge in [-0.1, -0.05) is 18.2 Å². The molecule has 1 unspecified atom stereocenters.